The van der Waals surface area contributed by atoms with Crippen LogP contribution in [0, 0.1) is 5.92 Å². The zero-order valence-electron chi connectivity index (χ0n) is 10.9. The predicted molar refractivity (Wildman–Crippen MR) is 68.1 cm³/mol. The predicted octanol–water partition coefficient (Wildman–Crippen LogP) is 1.37. The van der Waals surface area contributed by atoms with Gasteiger partial charge in [-0.2, -0.15) is 0 Å². The third-order valence-electron chi connectivity index (χ3n) is 2.18. The number of carbonyl (C=O) groups is 1. The average molecular weight is 252 g/mol. The van der Waals surface area contributed by atoms with E-state index in [1.54, 1.807) is 18.3 Å². The lowest BCUT2D eigenvalue weighted by atomic mass is 10.2. The minimum absolute atomic E-state index is 0.242. The maximum absolute atomic E-state index is 11.6. The lowest BCUT2D eigenvalue weighted by Gasteiger charge is -2.07. The van der Waals surface area contributed by atoms with Gasteiger partial charge in [0.15, 0.2) is 0 Å². The molecule has 0 saturated carbocycles. The number of carbonyl (C=O) groups excluding carboxylic acids is 1. The van der Waals surface area contributed by atoms with Crippen molar-refractivity contribution in [3.05, 3.63) is 29.6 Å². The van der Waals surface area contributed by atoms with Crippen LogP contribution < -0.4 is 5.73 Å². The number of nitrogens with two attached hydrogens (primary N) is 1. The van der Waals surface area contributed by atoms with Gasteiger partial charge in [-0.3, -0.25) is 0 Å². The van der Waals surface area contributed by atoms with Crippen LogP contribution in [0.1, 0.15) is 29.9 Å². The van der Waals surface area contributed by atoms with Crippen molar-refractivity contribution in [2.75, 3.05) is 19.8 Å². The van der Waals surface area contributed by atoms with Gasteiger partial charge in [0.25, 0.3) is 0 Å². The van der Waals surface area contributed by atoms with Crippen LogP contribution in [0.25, 0.3) is 0 Å². The Bertz CT molecular complexity index is 363. The summed E-state index contributed by atoms with van der Waals surface area (Å²) in [5.41, 5.74) is 6.61. The second-order valence-corrected chi connectivity index (χ2v) is 4.36. The third-order valence-corrected chi connectivity index (χ3v) is 2.18. The number of aromatic nitrogens is 1. The maximum atomic E-state index is 11.6. The summed E-state index contributed by atoms with van der Waals surface area (Å²) < 4.78 is 10.3. The number of hydrogen-bond acceptors (Lipinski definition) is 5. The van der Waals surface area contributed by atoms with E-state index in [2.05, 4.69) is 18.8 Å². The second-order valence-electron chi connectivity index (χ2n) is 4.36. The third kappa shape index (κ3) is 5.25. The Morgan fingerprint density at radius 3 is 2.72 bits per heavy atom. The standard InChI is InChI=1S/C13H20N2O3/c1-10(2)9-17-5-6-18-13(16)12-4-3-11(7-14)8-15-12/h3-4,8,10H,5-7,9,14H2,1-2H3. The number of hydrogen-bond donors (Lipinski definition) is 1. The van der Waals surface area contributed by atoms with Crippen molar-refractivity contribution >= 4 is 5.97 Å². The average Bonchev–Trinajstić information content (AvgIpc) is 2.38. The monoisotopic (exact) mass is 252 g/mol. The van der Waals surface area contributed by atoms with Crippen molar-refractivity contribution in [3.8, 4) is 0 Å². The van der Waals surface area contributed by atoms with Crippen molar-refractivity contribution in [1.82, 2.24) is 4.98 Å². The van der Waals surface area contributed by atoms with E-state index in [0.717, 1.165) is 5.56 Å². The van der Waals surface area contributed by atoms with Gasteiger partial charge in [-0.15, -0.1) is 0 Å². The minimum Gasteiger partial charge on any atom is -0.459 e. The molecule has 0 fully saturated rings. The van der Waals surface area contributed by atoms with Crippen LogP contribution in [0.5, 0.6) is 0 Å². The van der Waals surface area contributed by atoms with Gasteiger partial charge in [0, 0.05) is 19.3 Å². The van der Waals surface area contributed by atoms with Crippen LogP contribution in [-0.2, 0) is 16.0 Å². The van der Waals surface area contributed by atoms with Crippen molar-refractivity contribution < 1.29 is 14.3 Å². The Hall–Kier alpha value is -1.46. The van der Waals surface area contributed by atoms with Gasteiger partial charge in [-0.05, 0) is 17.5 Å². The summed E-state index contributed by atoms with van der Waals surface area (Å²) in [6.45, 7) is 5.85. The summed E-state index contributed by atoms with van der Waals surface area (Å²) in [7, 11) is 0. The molecule has 0 bridgehead atoms. The first-order valence-corrected chi connectivity index (χ1v) is 6.03. The first-order valence-electron chi connectivity index (χ1n) is 6.03. The molecule has 100 valence electrons. The van der Waals surface area contributed by atoms with Crippen LogP contribution in [-0.4, -0.2) is 30.8 Å². The summed E-state index contributed by atoms with van der Waals surface area (Å²) in [6.07, 6.45) is 1.58. The Morgan fingerprint density at radius 1 is 1.39 bits per heavy atom. The van der Waals surface area contributed by atoms with E-state index in [0.29, 0.717) is 25.7 Å². The molecule has 18 heavy (non-hydrogen) atoms. The molecule has 0 saturated heterocycles. The molecule has 0 aromatic carbocycles. The van der Waals surface area contributed by atoms with Gasteiger partial charge in [-0.25, -0.2) is 9.78 Å². The molecule has 0 aliphatic carbocycles. The van der Waals surface area contributed by atoms with Crippen LogP contribution in [0.15, 0.2) is 18.3 Å². The lowest BCUT2D eigenvalue weighted by Crippen LogP contribution is -2.14. The Morgan fingerprint density at radius 2 is 2.17 bits per heavy atom. The summed E-state index contributed by atoms with van der Waals surface area (Å²) in [4.78, 5) is 15.6. The molecule has 1 aromatic rings. The van der Waals surface area contributed by atoms with Crippen LogP contribution in [0.3, 0.4) is 0 Å². The molecule has 0 aliphatic heterocycles. The highest BCUT2D eigenvalue weighted by Gasteiger charge is 2.08. The number of esters is 1. The maximum Gasteiger partial charge on any atom is 0.356 e. The molecule has 0 spiro atoms. The highest BCUT2D eigenvalue weighted by molar-refractivity contribution is 5.87. The molecule has 0 unspecified atom stereocenters. The lowest BCUT2D eigenvalue weighted by molar-refractivity contribution is 0.0272. The van der Waals surface area contributed by atoms with Crippen LogP contribution >= 0.6 is 0 Å². The van der Waals surface area contributed by atoms with E-state index in [1.807, 2.05) is 0 Å². The smallest absolute Gasteiger partial charge is 0.356 e. The molecule has 5 heteroatoms. The normalized spacial score (nSPS) is 10.7. The van der Waals surface area contributed by atoms with Gasteiger partial charge in [0.1, 0.15) is 12.3 Å². The fourth-order valence-electron chi connectivity index (χ4n) is 1.25. The molecule has 0 atom stereocenters. The molecular weight excluding hydrogens is 232 g/mol. The van der Waals surface area contributed by atoms with E-state index in [4.69, 9.17) is 15.2 Å². The molecule has 1 rings (SSSR count). The number of nitrogens with zero attached hydrogens (tertiary/aromatic N) is 1. The summed E-state index contributed by atoms with van der Waals surface area (Å²) >= 11 is 0. The van der Waals surface area contributed by atoms with E-state index in [9.17, 15) is 4.79 Å². The van der Waals surface area contributed by atoms with E-state index < -0.39 is 5.97 Å². The first kappa shape index (κ1) is 14.6. The molecule has 2 N–H and O–H groups in total. The topological polar surface area (TPSA) is 74.4 Å². The number of ether oxygens (including phenoxy) is 2. The van der Waals surface area contributed by atoms with Gasteiger partial charge in [0.2, 0.25) is 0 Å². The number of rotatable bonds is 7. The van der Waals surface area contributed by atoms with Crippen molar-refractivity contribution in [2.24, 2.45) is 11.7 Å². The van der Waals surface area contributed by atoms with Crippen LogP contribution in [0.2, 0.25) is 0 Å². The molecule has 1 aromatic heterocycles. The Labute approximate surface area is 107 Å². The summed E-state index contributed by atoms with van der Waals surface area (Å²) in [5.74, 6) is 0.0397. The van der Waals surface area contributed by atoms with Gasteiger partial charge >= 0.3 is 5.97 Å². The summed E-state index contributed by atoms with van der Waals surface area (Å²) in [6, 6.07) is 3.37. The zero-order chi connectivity index (χ0) is 13.4. The van der Waals surface area contributed by atoms with Crippen molar-refractivity contribution in [3.63, 3.8) is 0 Å². The largest absolute Gasteiger partial charge is 0.459 e. The molecule has 0 aliphatic rings. The van der Waals surface area contributed by atoms with Crippen molar-refractivity contribution in [2.45, 2.75) is 20.4 Å². The Kier molecular flexibility index (Phi) is 6.32. The first-order chi connectivity index (χ1) is 8.63. The van der Waals surface area contributed by atoms with Crippen LogP contribution in [0.4, 0.5) is 0 Å². The summed E-state index contributed by atoms with van der Waals surface area (Å²) in [5, 5.41) is 0. The van der Waals surface area contributed by atoms with E-state index in [-0.39, 0.29) is 12.3 Å². The molecule has 0 amide bonds. The fourth-order valence-corrected chi connectivity index (χ4v) is 1.25. The van der Waals surface area contributed by atoms with Gasteiger partial charge < -0.3 is 15.2 Å². The molecule has 1 heterocycles. The fraction of sp³-hybridized carbons (Fsp3) is 0.538. The quantitative estimate of drug-likeness (QED) is 0.586. The van der Waals surface area contributed by atoms with Crippen molar-refractivity contribution in [1.29, 1.82) is 0 Å². The Balaban J connectivity index is 2.27. The molecular formula is C13H20N2O3. The highest BCUT2D eigenvalue weighted by Crippen LogP contribution is 2.01. The highest BCUT2D eigenvalue weighted by atomic mass is 16.6. The zero-order valence-corrected chi connectivity index (χ0v) is 10.9. The van der Waals surface area contributed by atoms with E-state index >= 15 is 0 Å². The van der Waals surface area contributed by atoms with Gasteiger partial charge in [0.05, 0.1) is 6.61 Å². The van der Waals surface area contributed by atoms with E-state index in [1.165, 1.54) is 0 Å². The second kappa shape index (κ2) is 7.79. The minimum atomic E-state index is -0.438. The number of pyridine rings is 1. The van der Waals surface area contributed by atoms with Gasteiger partial charge in [-0.1, -0.05) is 19.9 Å². The SMILES string of the molecule is CC(C)COCCOC(=O)c1ccc(CN)cn1. The molecule has 0 radical (unpaired) electrons. The molecule has 5 nitrogen and oxygen atoms in total.